The highest BCUT2D eigenvalue weighted by atomic mass is 35.5. The van der Waals surface area contributed by atoms with Gasteiger partial charge >= 0.3 is 5.97 Å². The Labute approximate surface area is 175 Å². The summed E-state index contributed by atoms with van der Waals surface area (Å²) in [6.45, 7) is 2.77. The van der Waals surface area contributed by atoms with Crippen LogP contribution in [0.25, 0.3) is 0 Å². The van der Waals surface area contributed by atoms with Crippen molar-refractivity contribution in [1.82, 2.24) is 5.32 Å². The number of carboxylic acids is 1. The third-order valence-electron chi connectivity index (χ3n) is 4.26. The SMILES string of the molecule is COc1cc(CNC(CCSC)C(=O)O)c(Cl)cc1OCc1cccc(C)c1. The van der Waals surface area contributed by atoms with Gasteiger partial charge in [0.2, 0.25) is 0 Å². The number of carbonyl (C=O) groups is 1. The Morgan fingerprint density at radius 2 is 2.07 bits per heavy atom. The molecule has 0 aliphatic carbocycles. The molecule has 0 aliphatic rings. The highest BCUT2D eigenvalue weighted by Crippen LogP contribution is 2.34. The van der Waals surface area contributed by atoms with Gasteiger partial charge in [0, 0.05) is 17.6 Å². The van der Waals surface area contributed by atoms with E-state index < -0.39 is 12.0 Å². The van der Waals surface area contributed by atoms with Gasteiger partial charge in [-0.3, -0.25) is 4.79 Å². The minimum atomic E-state index is -0.866. The van der Waals surface area contributed by atoms with Crippen LogP contribution >= 0.6 is 23.4 Å². The summed E-state index contributed by atoms with van der Waals surface area (Å²) in [5.74, 6) is 1.02. The minimum absolute atomic E-state index is 0.332. The van der Waals surface area contributed by atoms with Crippen molar-refractivity contribution in [3.8, 4) is 11.5 Å². The molecule has 0 saturated carbocycles. The molecule has 7 heteroatoms. The molecule has 1 atom stereocenters. The number of aryl methyl sites for hydroxylation is 1. The molecule has 0 fully saturated rings. The lowest BCUT2D eigenvalue weighted by Crippen LogP contribution is -2.36. The van der Waals surface area contributed by atoms with Crippen LogP contribution in [0.2, 0.25) is 5.02 Å². The summed E-state index contributed by atoms with van der Waals surface area (Å²) >= 11 is 8.02. The summed E-state index contributed by atoms with van der Waals surface area (Å²) in [5, 5.41) is 12.9. The first-order valence-electron chi connectivity index (χ1n) is 8.94. The lowest BCUT2D eigenvalue weighted by molar-refractivity contribution is -0.139. The molecule has 28 heavy (non-hydrogen) atoms. The molecule has 5 nitrogen and oxygen atoms in total. The van der Waals surface area contributed by atoms with Crippen molar-refractivity contribution in [2.45, 2.75) is 32.5 Å². The standard InChI is InChI=1S/C21H26ClNO4S/c1-14-5-4-6-15(9-14)13-27-20-11-17(22)16(10-19(20)26-2)12-23-18(21(24)25)7-8-28-3/h4-6,9-11,18,23H,7-8,12-13H2,1-3H3,(H,24,25). The van der Waals surface area contributed by atoms with Crippen LogP contribution in [0.1, 0.15) is 23.1 Å². The molecule has 0 bridgehead atoms. The maximum absolute atomic E-state index is 11.4. The molecule has 2 rings (SSSR count). The third-order valence-corrected chi connectivity index (χ3v) is 5.25. The number of rotatable bonds is 11. The van der Waals surface area contributed by atoms with Crippen LogP contribution in [-0.2, 0) is 17.9 Å². The molecule has 2 aromatic carbocycles. The first kappa shape index (κ1) is 22.4. The summed E-state index contributed by atoms with van der Waals surface area (Å²) in [5.41, 5.74) is 2.99. The second-order valence-corrected chi connectivity index (χ2v) is 7.82. The minimum Gasteiger partial charge on any atom is -0.493 e. The van der Waals surface area contributed by atoms with E-state index >= 15 is 0 Å². The largest absolute Gasteiger partial charge is 0.493 e. The average molecular weight is 424 g/mol. The zero-order valence-electron chi connectivity index (χ0n) is 16.3. The Kier molecular flexibility index (Phi) is 8.96. The van der Waals surface area contributed by atoms with E-state index in [0.29, 0.717) is 36.1 Å². The van der Waals surface area contributed by atoms with Gasteiger partial charge in [0.25, 0.3) is 0 Å². The Hall–Kier alpha value is -1.89. The summed E-state index contributed by atoms with van der Waals surface area (Å²) in [6.07, 6.45) is 2.50. The van der Waals surface area contributed by atoms with E-state index in [1.807, 2.05) is 31.4 Å². The van der Waals surface area contributed by atoms with E-state index in [9.17, 15) is 9.90 Å². The van der Waals surface area contributed by atoms with Gasteiger partial charge in [0.05, 0.1) is 7.11 Å². The molecule has 0 aromatic heterocycles. The molecule has 2 aromatic rings. The Morgan fingerprint density at radius 3 is 2.71 bits per heavy atom. The Bertz CT molecular complexity index is 800. The first-order chi connectivity index (χ1) is 13.4. The molecule has 0 amide bonds. The number of aliphatic carboxylic acids is 1. The van der Waals surface area contributed by atoms with E-state index in [1.54, 1.807) is 31.0 Å². The quantitative estimate of drug-likeness (QED) is 0.553. The van der Waals surface area contributed by atoms with Gasteiger partial charge < -0.3 is 19.9 Å². The van der Waals surface area contributed by atoms with Crippen LogP contribution in [0, 0.1) is 6.92 Å². The van der Waals surface area contributed by atoms with Gasteiger partial charge in [-0.25, -0.2) is 0 Å². The molecule has 152 valence electrons. The van der Waals surface area contributed by atoms with Crippen molar-refractivity contribution in [2.75, 3.05) is 19.1 Å². The number of benzene rings is 2. The van der Waals surface area contributed by atoms with Gasteiger partial charge in [-0.15, -0.1) is 0 Å². The van der Waals surface area contributed by atoms with Crippen LogP contribution < -0.4 is 14.8 Å². The molecule has 0 heterocycles. The zero-order valence-corrected chi connectivity index (χ0v) is 17.9. The van der Waals surface area contributed by atoms with Gasteiger partial charge in [-0.05, 0) is 42.5 Å². The van der Waals surface area contributed by atoms with E-state index in [1.165, 1.54) is 5.56 Å². The van der Waals surface area contributed by atoms with Crippen LogP contribution in [0.3, 0.4) is 0 Å². The number of ether oxygens (including phenoxy) is 2. The fourth-order valence-corrected chi connectivity index (χ4v) is 3.42. The molecular weight excluding hydrogens is 398 g/mol. The highest BCUT2D eigenvalue weighted by Gasteiger charge is 2.18. The lowest BCUT2D eigenvalue weighted by atomic mass is 10.1. The number of carboxylic acid groups (broad SMARTS) is 1. The number of nitrogens with one attached hydrogen (secondary N) is 1. The van der Waals surface area contributed by atoms with Gasteiger partial charge in [-0.2, -0.15) is 11.8 Å². The maximum Gasteiger partial charge on any atom is 0.320 e. The first-order valence-corrected chi connectivity index (χ1v) is 10.7. The fourth-order valence-electron chi connectivity index (χ4n) is 2.73. The van der Waals surface area contributed by atoms with Crippen molar-refractivity contribution in [3.63, 3.8) is 0 Å². The van der Waals surface area contributed by atoms with E-state index in [-0.39, 0.29) is 0 Å². The number of hydrogen-bond donors (Lipinski definition) is 2. The van der Waals surface area contributed by atoms with Gasteiger partial charge in [0.1, 0.15) is 12.6 Å². The highest BCUT2D eigenvalue weighted by molar-refractivity contribution is 7.98. The van der Waals surface area contributed by atoms with Crippen LogP contribution in [0.5, 0.6) is 11.5 Å². The number of thioether (sulfide) groups is 1. The fraction of sp³-hybridized carbons (Fsp3) is 0.381. The summed E-state index contributed by atoms with van der Waals surface area (Å²) in [6, 6.07) is 11.0. The molecule has 1 unspecified atom stereocenters. The predicted octanol–water partition coefficient (Wildman–Crippen LogP) is 4.53. The summed E-state index contributed by atoms with van der Waals surface area (Å²) < 4.78 is 11.3. The molecule has 0 saturated heterocycles. The Morgan fingerprint density at radius 1 is 1.29 bits per heavy atom. The molecule has 2 N–H and O–H groups in total. The normalized spacial score (nSPS) is 11.9. The van der Waals surface area contributed by atoms with E-state index in [2.05, 4.69) is 11.4 Å². The Balaban J connectivity index is 2.08. The molecule has 0 radical (unpaired) electrons. The van der Waals surface area contributed by atoms with Gasteiger partial charge in [-0.1, -0.05) is 41.4 Å². The van der Waals surface area contributed by atoms with E-state index in [4.69, 9.17) is 21.1 Å². The summed E-state index contributed by atoms with van der Waals surface area (Å²) in [7, 11) is 1.57. The van der Waals surface area contributed by atoms with Gasteiger partial charge in [0.15, 0.2) is 11.5 Å². The van der Waals surface area contributed by atoms with Crippen LogP contribution in [0.15, 0.2) is 36.4 Å². The van der Waals surface area contributed by atoms with Crippen LogP contribution in [0.4, 0.5) is 0 Å². The average Bonchev–Trinajstić information content (AvgIpc) is 2.67. The maximum atomic E-state index is 11.4. The molecule has 0 aliphatic heterocycles. The predicted molar refractivity (Wildman–Crippen MR) is 115 cm³/mol. The number of hydrogen-bond acceptors (Lipinski definition) is 5. The second-order valence-electron chi connectivity index (χ2n) is 6.43. The number of halogens is 1. The summed E-state index contributed by atoms with van der Waals surface area (Å²) in [4.78, 5) is 11.4. The van der Waals surface area contributed by atoms with E-state index in [0.717, 1.165) is 16.9 Å². The monoisotopic (exact) mass is 423 g/mol. The van der Waals surface area contributed by atoms with Crippen molar-refractivity contribution in [1.29, 1.82) is 0 Å². The van der Waals surface area contributed by atoms with Crippen molar-refractivity contribution >= 4 is 29.3 Å². The second kappa shape index (κ2) is 11.2. The van der Waals surface area contributed by atoms with Crippen molar-refractivity contribution in [3.05, 3.63) is 58.1 Å². The van der Waals surface area contributed by atoms with Crippen molar-refractivity contribution in [2.24, 2.45) is 0 Å². The number of methoxy groups -OCH3 is 1. The molecular formula is C21H26ClNO4S. The lowest BCUT2D eigenvalue weighted by Gasteiger charge is -2.17. The van der Waals surface area contributed by atoms with Crippen LogP contribution in [-0.4, -0.2) is 36.2 Å². The molecule has 0 spiro atoms. The third kappa shape index (κ3) is 6.62. The smallest absolute Gasteiger partial charge is 0.320 e. The van der Waals surface area contributed by atoms with Crippen molar-refractivity contribution < 1.29 is 19.4 Å². The zero-order chi connectivity index (χ0) is 20.5. The topological polar surface area (TPSA) is 67.8 Å².